The number of rotatable bonds is 3. The summed E-state index contributed by atoms with van der Waals surface area (Å²) in [6, 6.07) is -0.0944. The smallest absolute Gasteiger partial charge is 0.318 e. The van der Waals surface area contributed by atoms with Crippen molar-refractivity contribution >= 4 is 11.9 Å². The van der Waals surface area contributed by atoms with Gasteiger partial charge in [-0.3, -0.25) is 15.0 Å². The van der Waals surface area contributed by atoms with Gasteiger partial charge in [0.1, 0.15) is 0 Å². The highest BCUT2D eigenvalue weighted by Gasteiger charge is 2.32. The molecule has 102 valence electrons. The van der Waals surface area contributed by atoms with Crippen LogP contribution in [0.25, 0.3) is 0 Å². The molecule has 1 aliphatic heterocycles. The van der Waals surface area contributed by atoms with Crippen molar-refractivity contribution in [3.8, 4) is 0 Å². The Balaban J connectivity index is 1.80. The summed E-state index contributed by atoms with van der Waals surface area (Å²) in [6.07, 6.45) is 8.22. The largest absolute Gasteiger partial charge is 0.351 e. The van der Waals surface area contributed by atoms with Crippen molar-refractivity contribution in [2.24, 2.45) is 11.7 Å². The van der Waals surface area contributed by atoms with Crippen molar-refractivity contribution < 1.29 is 9.59 Å². The van der Waals surface area contributed by atoms with E-state index in [1.54, 1.807) is 0 Å². The molecule has 5 nitrogen and oxygen atoms in total. The minimum Gasteiger partial charge on any atom is -0.351 e. The van der Waals surface area contributed by atoms with Crippen molar-refractivity contribution in [1.82, 2.24) is 10.2 Å². The van der Waals surface area contributed by atoms with Gasteiger partial charge in [-0.15, -0.1) is 0 Å². The zero-order valence-electron chi connectivity index (χ0n) is 10.9. The summed E-state index contributed by atoms with van der Waals surface area (Å²) in [7, 11) is 0. The second kappa shape index (κ2) is 6.18. The van der Waals surface area contributed by atoms with Crippen molar-refractivity contribution in [2.75, 3.05) is 13.1 Å². The van der Waals surface area contributed by atoms with Gasteiger partial charge in [-0.25, -0.2) is 4.79 Å². The first-order valence-corrected chi connectivity index (χ1v) is 7.00. The van der Waals surface area contributed by atoms with Crippen LogP contribution in [-0.4, -0.2) is 36.0 Å². The fourth-order valence-corrected chi connectivity index (χ4v) is 3.45. The van der Waals surface area contributed by atoms with Crippen molar-refractivity contribution in [1.29, 1.82) is 0 Å². The lowest BCUT2D eigenvalue weighted by Gasteiger charge is -2.44. The lowest BCUT2D eigenvalue weighted by molar-refractivity contribution is -0.120. The van der Waals surface area contributed by atoms with Crippen LogP contribution in [-0.2, 0) is 4.79 Å². The Morgan fingerprint density at radius 1 is 1.17 bits per heavy atom. The van der Waals surface area contributed by atoms with E-state index >= 15 is 0 Å². The summed E-state index contributed by atoms with van der Waals surface area (Å²) in [5, 5.41) is 2.13. The number of fused-ring (bicyclic) bond motifs is 1. The van der Waals surface area contributed by atoms with Crippen LogP contribution in [0.5, 0.6) is 0 Å². The molecule has 1 saturated carbocycles. The fraction of sp³-hybridized carbons (Fsp3) is 0.846. The van der Waals surface area contributed by atoms with Crippen LogP contribution in [0.1, 0.15) is 44.9 Å². The second-order valence-electron chi connectivity index (χ2n) is 5.45. The Morgan fingerprint density at radius 2 is 1.89 bits per heavy atom. The molecule has 2 unspecified atom stereocenters. The Morgan fingerprint density at radius 3 is 2.67 bits per heavy atom. The normalized spacial score (nSPS) is 28.4. The number of hydrogen-bond acceptors (Lipinski definition) is 3. The summed E-state index contributed by atoms with van der Waals surface area (Å²) in [5.41, 5.74) is 4.92. The third-order valence-corrected chi connectivity index (χ3v) is 4.25. The van der Waals surface area contributed by atoms with E-state index in [1.165, 1.54) is 38.5 Å². The molecule has 0 spiro atoms. The van der Waals surface area contributed by atoms with Crippen LogP contribution in [0.2, 0.25) is 0 Å². The highest BCUT2D eigenvalue weighted by Crippen LogP contribution is 2.35. The minimum absolute atomic E-state index is 0.263. The van der Waals surface area contributed by atoms with Gasteiger partial charge in [-0.2, -0.15) is 0 Å². The van der Waals surface area contributed by atoms with E-state index in [2.05, 4.69) is 10.2 Å². The molecule has 1 saturated heterocycles. The van der Waals surface area contributed by atoms with Crippen LogP contribution in [0.3, 0.4) is 0 Å². The number of imide groups is 1. The number of piperidine rings is 1. The maximum atomic E-state index is 11.4. The standard InChI is InChI=1S/C13H23N3O2/c14-13(18)15-12(17)7-9-16-8-3-5-10-4-1-2-6-11(10)16/h10-11H,1-9H2,(H3,14,15,17,18). The number of nitrogens with two attached hydrogens (primary N) is 1. The van der Waals surface area contributed by atoms with Gasteiger partial charge in [0.25, 0.3) is 0 Å². The maximum absolute atomic E-state index is 11.4. The van der Waals surface area contributed by atoms with Gasteiger partial charge in [0.2, 0.25) is 5.91 Å². The molecular formula is C13H23N3O2. The SMILES string of the molecule is NC(=O)NC(=O)CCN1CCCC2CCCCC21. The number of urea groups is 1. The molecule has 5 heteroatoms. The number of nitrogens with zero attached hydrogens (tertiary/aromatic N) is 1. The van der Waals surface area contributed by atoms with E-state index in [1.807, 2.05) is 0 Å². The third-order valence-electron chi connectivity index (χ3n) is 4.25. The Bertz CT molecular complexity index is 317. The molecule has 0 radical (unpaired) electrons. The van der Waals surface area contributed by atoms with Crippen molar-refractivity contribution in [2.45, 2.75) is 51.0 Å². The average molecular weight is 253 g/mol. The molecule has 2 rings (SSSR count). The molecule has 2 fully saturated rings. The highest BCUT2D eigenvalue weighted by atomic mass is 16.2. The summed E-state index contributed by atoms with van der Waals surface area (Å²) in [6.45, 7) is 1.84. The Kier molecular flexibility index (Phi) is 4.58. The quantitative estimate of drug-likeness (QED) is 0.794. The van der Waals surface area contributed by atoms with E-state index in [9.17, 15) is 9.59 Å². The van der Waals surface area contributed by atoms with Gasteiger partial charge in [-0.1, -0.05) is 12.8 Å². The molecule has 3 N–H and O–H groups in total. The third kappa shape index (κ3) is 3.45. The number of amides is 3. The number of carbonyl (C=O) groups is 2. The summed E-state index contributed by atoms with van der Waals surface area (Å²) >= 11 is 0. The van der Waals surface area contributed by atoms with Crippen molar-refractivity contribution in [3.63, 3.8) is 0 Å². The van der Waals surface area contributed by atoms with E-state index < -0.39 is 6.03 Å². The maximum Gasteiger partial charge on any atom is 0.318 e. The lowest BCUT2D eigenvalue weighted by Crippen LogP contribution is -2.48. The Hall–Kier alpha value is -1.10. The van der Waals surface area contributed by atoms with Crippen LogP contribution in [0.4, 0.5) is 4.79 Å². The fourth-order valence-electron chi connectivity index (χ4n) is 3.45. The zero-order valence-corrected chi connectivity index (χ0v) is 10.9. The molecule has 1 heterocycles. The predicted octanol–water partition coefficient (Wildman–Crippen LogP) is 1.23. The summed E-state index contributed by atoms with van der Waals surface area (Å²) in [4.78, 5) is 24.4. The first kappa shape index (κ1) is 13.3. The highest BCUT2D eigenvalue weighted by molar-refractivity contribution is 5.93. The first-order chi connectivity index (χ1) is 8.66. The lowest BCUT2D eigenvalue weighted by atomic mass is 9.78. The first-order valence-electron chi connectivity index (χ1n) is 7.00. The number of primary amides is 1. The van der Waals surface area contributed by atoms with Gasteiger partial charge >= 0.3 is 6.03 Å². The molecule has 0 aromatic rings. The van der Waals surface area contributed by atoms with Crippen LogP contribution < -0.4 is 11.1 Å². The average Bonchev–Trinajstić information content (AvgIpc) is 2.35. The van der Waals surface area contributed by atoms with Gasteiger partial charge in [-0.05, 0) is 38.1 Å². The van der Waals surface area contributed by atoms with Crippen LogP contribution in [0.15, 0.2) is 0 Å². The number of nitrogens with one attached hydrogen (secondary N) is 1. The number of likely N-dealkylation sites (tertiary alicyclic amines) is 1. The monoisotopic (exact) mass is 253 g/mol. The Labute approximate surface area is 108 Å². The van der Waals surface area contributed by atoms with Crippen LogP contribution in [0, 0.1) is 5.92 Å². The molecule has 0 bridgehead atoms. The predicted molar refractivity (Wildman–Crippen MR) is 68.9 cm³/mol. The van der Waals surface area contributed by atoms with Gasteiger partial charge < -0.3 is 5.73 Å². The van der Waals surface area contributed by atoms with E-state index in [0.29, 0.717) is 12.5 Å². The van der Waals surface area contributed by atoms with E-state index in [-0.39, 0.29) is 5.91 Å². The molecule has 0 aromatic heterocycles. The summed E-state index contributed by atoms with van der Waals surface area (Å²) in [5.74, 6) is 0.562. The molecule has 3 amide bonds. The molecule has 2 atom stereocenters. The number of hydrogen-bond donors (Lipinski definition) is 2. The summed E-state index contributed by atoms with van der Waals surface area (Å²) < 4.78 is 0. The van der Waals surface area contributed by atoms with E-state index in [4.69, 9.17) is 5.73 Å². The van der Waals surface area contributed by atoms with Crippen molar-refractivity contribution in [3.05, 3.63) is 0 Å². The molecule has 18 heavy (non-hydrogen) atoms. The van der Waals surface area contributed by atoms with E-state index in [0.717, 1.165) is 19.0 Å². The zero-order chi connectivity index (χ0) is 13.0. The second-order valence-corrected chi connectivity index (χ2v) is 5.45. The van der Waals surface area contributed by atoms with Gasteiger partial charge in [0.15, 0.2) is 0 Å². The van der Waals surface area contributed by atoms with Crippen LogP contribution >= 0.6 is 0 Å². The minimum atomic E-state index is -0.755. The van der Waals surface area contributed by atoms with Gasteiger partial charge in [0, 0.05) is 19.0 Å². The number of carbonyl (C=O) groups excluding carboxylic acids is 2. The molecular weight excluding hydrogens is 230 g/mol. The molecule has 1 aliphatic carbocycles. The topological polar surface area (TPSA) is 75.4 Å². The molecule has 0 aromatic carbocycles. The van der Waals surface area contributed by atoms with Gasteiger partial charge in [0.05, 0.1) is 0 Å². The molecule has 2 aliphatic rings.